The first-order chi connectivity index (χ1) is 7.29. The van der Waals surface area contributed by atoms with Crippen molar-refractivity contribution in [2.75, 3.05) is 24.5 Å². The molecule has 0 amide bonds. The lowest BCUT2D eigenvalue weighted by atomic mass is 10.2. The third-order valence-corrected chi connectivity index (χ3v) is 3.59. The normalized spacial score (nSPS) is 20.9. The number of nitrogens with zero attached hydrogens (tertiary/aromatic N) is 1. The molecule has 2 nitrogen and oxygen atoms in total. The lowest BCUT2D eigenvalue weighted by Gasteiger charge is -2.18. The molecular formula is C12H17IN2. The van der Waals surface area contributed by atoms with Gasteiger partial charge in [-0.2, -0.15) is 0 Å². The Hall–Kier alpha value is -0.290. The summed E-state index contributed by atoms with van der Waals surface area (Å²) in [6.45, 7) is 5.57. The van der Waals surface area contributed by atoms with Crippen LogP contribution < -0.4 is 10.2 Å². The van der Waals surface area contributed by atoms with Gasteiger partial charge in [-0.1, -0.05) is 6.92 Å². The van der Waals surface area contributed by atoms with Crippen molar-refractivity contribution >= 4 is 28.3 Å². The van der Waals surface area contributed by atoms with Crippen molar-refractivity contribution in [1.82, 2.24) is 5.32 Å². The van der Waals surface area contributed by atoms with Gasteiger partial charge in [-0.3, -0.25) is 0 Å². The molecule has 1 aliphatic heterocycles. The van der Waals surface area contributed by atoms with Crippen molar-refractivity contribution < 1.29 is 0 Å². The van der Waals surface area contributed by atoms with Crippen LogP contribution in [0.3, 0.4) is 0 Å². The van der Waals surface area contributed by atoms with Crippen molar-refractivity contribution in [3.05, 3.63) is 27.8 Å². The molecule has 0 spiro atoms. The number of nitrogens with one attached hydrogen (secondary N) is 1. The molecule has 1 unspecified atom stereocenters. The second-order valence-corrected chi connectivity index (χ2v) is 5.21. The number of rotatable bonds is 3. The fourth-order valence-corrected chi connectivity index (χ4v) is 2.46. The third-order valence-electron chi connectivity index (χ3n) is 2.87. The number of halogens is 1. The van der Waals surface area contributed by atoms with Crippen LogP contribution in [0, 0.1) is 3.57 Å². The predicted octanol–water partition coefficient (Wildman–Crippen LogP) is 2.48. The van der Waals surface area contributed by atoms with E-state index in [-0.39, 0.29) is 0 Å². The van der Waals surface area contributed by atoms with Gasteiger partial charge < -0.3 is 10.2 Å². The van der Waals surface area contributed by atoms with Crippen molar-refractivity contribution in [3.8, 4) is 0 Å². The summed E-state index contributed by atoms with van der Waals surface area (Å²) in [5.74, 6) is 0. The maximum absolute atomic E-state index is 3.51. The van der Waals surface area contributed by atoms with Crippen LogP contribution >= 0.6 is 22.6 Å². The molecule has 82 valence electrons. The number of hydrogen-bond acceptors (Lipinski definition) is 2. The van der Waals surface area contributed by atoms with E-state index >= 15 is 0 Å². The molecule has 2 rings (SSSR count). The van der Waals surface area contributed by atoms with Gasteiger partial charge in [0.15, 0.2) is 0 Å². The lowest BCUT2D eigenvalue weighted by Crippen LogP contribution is -2.32. The molecule has 1 N–H and O–H groups in total. The molecule has 1 aliphatic rings. The highest BCUT2D eigenvalue weighted by atomic mass is 127. The van der Waals surface area contributed by atoms with Crippen LogP contribution in [-0.2, 0) is 0 Å². The highest BCUT2D eigenvalue weighted by Crippen LogP contribution is 2.21. The topological polar surface area (TPSA) is 15.3 Å². The van der Waals surface area contributed by atoms with E-state index in [1.807, 2.05) is 0 Å². The smallest absolute Gasteiger partial charge is 0.0367 e. The van der Waals surface area contributed by atoms with Crippen LogP contribution in [0.4, 0.5) is 5.69 Å². The van der Waals surface area contributed by atoms with E-state index < -0.39 is 0 Å². The van der Waals surface area contributed by atoms with E-state index in [0.717, 1.165) is 13.1 Å². The maximum Gasteiger partial charge on any atom is 0.0367 e. The summed E-state index contributed by atoms with van der Waals surface area (Å²) in [5, 5.41) is 3.51. The van der Waals surface area contributed by atoms with Gasteiger partial charge in [0.05, 0.1) is 0 Å². The van der Waals surface area contributed by atoms with Crippen LogP contribution in [0.2, 0.25) is 0 Å². The number of benzene rings is 1. The molecule has 15 heavy (non-hydrogen) atoms. The molecule has 1 atom stereocenters. The molecule has 0 radical (unpaired) electrons. The quantitative estimate of drug-likeness (QED) is 0.862. The predicted molar refractivity (Wildman–Crippen MR) is 73.5 cm³/mol. The highest BCUT2D eigenvalue weighted by Gasteiger charge is 2.21. The Morgan fingerprint density at radius 1 is 1.40 bits per heavy atom. The summed E-state index contributed by atoms with van der Waals surface area (Å²) < 4.78 is 1.30. The van der Waals surface area contributed by atoms with Crippen molar-refractivity contribution in [1.29, 1.82) is 0 Å². The summed E-state index contributed by atoms with van der Waals surface area (Å²) in [4.78, 5) is 2.46. The minimum Gasteiger partial charge on any atom is -0.370 e. The lowest BCUT2D eigenvalue weighted by molar-refractivity contribution is 0.572. The van der Waals surface area contributed by atoms with E-state index in [2.05, 4.69) is 64.0 Å². The Labute approximate surface area is 105 Å². The molecule has 3 heteroatoms. The second kappa shape index (κ2) is 5.16. The van der Waals surface area contributed by atoms with E-state index in [1.165, 1.54) is 22.2 Å². The summed E-state index contributed by atoms with van der Waals surface area (Å²) in [5.41, 5.74) is 1.36. The minimum atomic E-state index is 0.675. The SMILES string of the molecule is CCNC1CCN(c2ccc(I)cc2)C1. The molecule has 0 saturated carbocycles. The second-order valence-electron chi connectivity index (χ2n) is 3.97. The Balaban J connectivity index is 1.98. The summed E-state index contributed by atoms with van der Waals surface area (Å²) in [6, 6.07) is 9.47. The monoisotopic (exact) mass is 316 g/mol. The zero-order valence-electron chi connectivity index (χ0n) is 9.04. The average Bonchev–Trinajstić information content (AvgIpc) is 2.68. The molecule has 1 aromatic carbocycles. The van der Waals surface area contributed by atoms with E-state index in [4.69, 9.17) is 0 Å². The van der Waals surface area contributed by atoms with Gasteiger partial charge in [0, 0.05) is 28.4 Å². The van der Waals surface area contributed by atoms with Crippen LogP contribution in [0.15, 0.2) is 24.3 Å². The molecule has 1 saturated heterocycles. The van der Waals surface area contributed by atoms with E-state index in [9.17, 15) is 0 Å². The summed E-state index contributed by atoms with van der Waals surface area (Å²) >= 11 is 2.35. The van der Waals surface area contributed by atoms with Gasteiger partial charge in [0.2, 0.25) is 0 Å². The molecule has 0 bridgehead atoms. The highest BCUT2D eigenvalue weighted by molar-refractivity contribution is 14.1. The van der Waals surface area contributed by atoms with Gasteiger partial charge in [-0.25, -0.2) is 0 Å². The molecule has 1 aromatic rings. The standard InChI is InChI=1S/C12H17IN2/c1-2-14-11-7-8-15(9-11)12-5-3-10(13)4-6-12/h3-6,11,14H,2,7-9H2,1H3. The fraction of sp³-hybridized carbons (Fsp3) is 0.500. The van der Waals surface area contributed by atoms with Crippen LogP contribution in [0.25, 0.3) is 0 Å². The molecule has 0 aliphatic carbocycles. The zero-order valence-corrected chi connectivity index (χ0v) is 11.2. The molecule has 0 aromatic heterocycles. The minimum absolute atomic E-state index is 0.675. The van der Waals surface area contributed by atoms with E-state index in [1.54, 1.807) is 0 Å². The van der Waals surface area contributed by atoms with Crippen molar-refractivity contribution in [2.45, 2.75) is 19.4 Å². The van der Waals surface area contributed by atoms with Crippen molar-refractivity contribution in [2.24, 2.45) is 0 Å². The number of anilines is 1. The fourth-order valence-electron chi connectivity index (χ4n) is 2.10. The third kappa shape index (κ3) is 2.84. The molecule has 1 heterocycles. The first-order valence-electron chi connectivity index (χ1n) is 5.53. The van der Waals surface area contributed by atoms with Crippen LogP contribution in [-0.4, -0.2) is 25.7 Å². The zero-order chi connectivity index (χ0) is 10.7. The maximum atomic E-state index is 3.51. The number of hydrogen-bond donors (Lipinski definition) is 1. The first kappa shape index (κ1) is 11.2. The first-order valence-corrected chi connectivity index (χ1v) is 6.61. The average molecular weight is 316 g/mol. The Kier molecular flexibility index (Phi) is 3.86. The van der Waals surface area contributed by atoms with Crippen LogP contribution in [0.1, 0.15) is 13.3 Å². The number of likely N-dealkylation sites (N-methyl/N-ethyl adjacent to an activating group) is 1. The largest absolute Gasteiger partial charge is 0.370 e. The van der Waals surface area contributed by atoms with Crippen LogP contribution in [0.5, 0.6) is 0 Å². The van der Waals surface area contributed by atoms with Gasteiger partial charge >= 0.3 is 0 Å². The van der Waals surface area contributed by atoms with Gasteiger partial charge in [0.1, 0.15) is 0 Å². The van der Waals surface area contributed by atoms with Gasteiger partial charge in [-0.05, 0) is 59.8 Å². The Bertz CT molecular complexity index is 310. The molecule has 1 fully saturated rings. The van der Waals surface area contributed by atoms with Gasteiger partial charge in [0.25, 0.3) is 0 Å². The summed E-state index contributed by atoms with van der Waals surface area (Å²) in [7, 11) is 0. The summed E-state index contributed by atoms with van der Waals surface area (Å²) in [6.07, 6.45) is 1.26. The van der Waals surface area contributed by atoms with Gasteiger partial charge in [-0.15, -0.1) is 0 Å². The van der Waals surface area contributed by atoms with E-state index in [0.29, 0.717) is 6.04 Å². The Morgan fingerprint density at radius 3 is 2.80 bits per heavy atom. The molecular weight excluding hydrogens is 299 g/mol. The van der Waals surface area contributed by atoms with Crippen molar-refractivity contribution in [3.63, 3.8) is 0 Å². The Morgan fingerprint density at radius 2 is 2.13 bits per heavy atom.